The van der Waals surface area contributed by atoms with Crippen LogP contribution in [0, 0.1) is 6.92 Å². The average Bonchev–Trinajstić information content (AvgIpc) is 2.78. The van der Waals surface area contributed by atoms with Crippen molar-refractivity contribution in [2.75, 3.05) is 13.2 Å². The van der Waals surface area contributed by atoms with Gasteiger partial charge in [0.1, 0.15) is 0 Å². The van der Waals surface area contributed by atoms with Crippen LogP contribution < -0.4 is 10.1 Å². The van der Waals surface area contributed by atoms with Crippen LogP contribution in [0.3, 0.4) is 0 Å². The van der Waals surface area contributed by atoms with Crippen LogP contribution in [-0.2, 0) is 19.2 Å². The van der Waals surface area contributed by atoms with Crippen LogP contribution in [0.1, 0.15) is 23.7 Å². The van der Waals surface area contributed by atoms with Crippen molar-refractivity contribution >= 4 is 11.6 Å². The van der Waals surface area contributed by atoms with Crippen molar-refractivity contribution < 1.29 is 23.0 Å². The van der Waals surface area contributed by atoms with Crippen molar-refractivity contribution in [3.63, 3.8) is 0 Å². The summed E-state index contributed by atoms with van der Waals surface area (Å²) in [6.45, 7) is 2.29. The van der Waals surface area contributed by atoms with Crippen LogP contribution in [0.4, 0.5) is 13.2 Å². The number of nitrogens with zero attached hydrogens (tertiary/aromatic N) is 2. The Balaban J connectivity index is 2.05. The number of ether oxygens (including phenoxy) is 1. The van der Waals surface area contributed by atoms with E-state index in [4.69, 9.17) is 16.3 Å². The molecule has 144 valence electrons. The molecule has 0 fully saturated rings. The molecule has 0 spiro atoms. The fraction of sp³-hybridized carbons (Fsp3) is 0.471. The maximum Gasteiger partial charge on any atom is 0.422 e. The number of halogens is 4. The lowest BCUT2D eigenvalue weighted by molar-refractivity contribution is -0.154. The Labute approximate surface area is 154 Å². The number of hydrogen-bond donors (Lipinski definition) is 2. The summed E-state index contributed by atoms with van der Waals surface area (Å²) < 4.78 is 43.4. The predicted octanol–water partition coefficient (Wildman–Crippen LogP) is 3.32. The number of alkyl halides is 3. The van der Waals surface area contributed by atoms with Gasteiger partial charge in [-0.3, -0.25) is 0 Å². The van der Waals surface area contributed by atoms with Gasteiger partial charge >= 0.3 is 6.18 Å². The van der Waals surface area contributed by atoms with Gasteiger partial charge in [0.15, 0.2) is 6.61 Å². The molecule has 5 nitrogen and oxygen atoms in total. The van der Waals surface area contributed by atoms with Gasteiger partial charge in [-0.15, -0.1) is 0 Å². The van der Waals surface area contributed by atoms with Crippen molar-refractivity contribution in [1.29, 1.82) is 0 Å². The van der Waals surface area contributed by atoms with Crippen LogP contribution in [0.5, 0.6) is 5.88 Å². The van der Waals surface area contributed by atoms with Gasteiger partial charge in [0, 0.05) is 25.2 Å². The summed E-state index contributed by atoms with van der Waals surface area (Å²) in [7, 11) is 1.52. The van der Waals surface area contributed by atoms with E-state index in [1.165, 1.54) is 11.7 Å². The zero-order valence-corrected chi connectivity index (χ0v) is 15.4. The second-order valence-corrected chi connectivity index (χ2v) is 6.72. The normalized spacial score (nSPS) is 14.3. The Morgan fingerprint density at radius 1 is 1.35 bits per heavy atom. The SMILES string of the molecule is Cc1nn(C)c(OCC(F)(F)F)c1CNC[C@](C)(O)c1cccc(Cl)c1. The predicted molar refractivity (Wildman–Crippen MR) is 92.2 cm³/mol. The van der Waals surface area contributed by atoms with Crippen molar-refractivity contribution in [2.24, 2.45) is 7.05 Å². The van der Waals surface area contributed by atoms with E-state index < -0.39 is 18.4 Å². The molecular formula is C17H21ClF3N3O2. The third kappa shape index (κ3) is 5.36. The summed E-state index contributed by atoms with van der Waals surface area (Å²) >= 11 is 5.95. The first kappa shape index (κ1) is 20.5. The molecule has 0 saturated heterocycles. The van der Waals surface area contributed by atoms with E-state index in [0.29, 0.717) is 21.8 Å². The Morgan fingerprint density at radius 3 is 2.65 bits per heavy atom. The van der Waals surface area contributed by atoms with Gasteiger partial charge in [-0.05, 0) is 31.5 Å². The van der Waals surface area contributed by atoms with Gasteiger partial charge in [-0.2, -0.15) is 18.3 Å². The number of hydrogen-bond acceptors (Lipinski definition) is 4. The van der Waals surface area contributed by atoms with E-state index in [1.54, 1.807) is 38.1 Å². The van der Waals surface area contributed by atoms with Gasteiger partial charge < -0.3 is 15.2 Å². The second-order valence-electron chi connectivity index (χ2n) is 6.28. The monoisotopic (exact) mass is 391 g/mol. The largest absolute Gasteiger partial charge is 0.468 e. The van der Waals surface area contributed by atoms with Crippen molar-refractivity contribution in [3.8, 4) is 5.88 Å². The Bertz CT molecular complexity index is 760. The highest BCUT2D eigenvalue weighted by molar-refractivity contribution is 6.30. The topological polar surface area (TPSA) is 59.3 Å². The molecule has 1 aromatic carbocycles. The number of benzene rings is 1. The number of aliphatic hydroxyl groups is 1. The maximum absolute atomic E-state index is 12.4. The third-order valence-electron chi connectivity index (χ3n) is 3.88. The molecule has 2 rings (SSSR count). The minimum atomic E-state index is -4.43. The number of aromatic nitrogens is 2. The first-order valence-electron chi connectivity index (χ1n) is 7.91. The highest BCUT2D eigenvalue weighted by atomic mass is 35.5. The molecule has 2 aromatic rings. The van der Waals surface area contributed by atoms with Gasteiger partial charge in [0.05, 0.1) is 16.9 Å². The molecule has 9 heteroatoms. The summed E-state index contributed by atoms with van der Waals surface area (Å²) in [5, 5.41) is 18.3. The van der Waals surface area contributed by atoms with Crippen LogP contribution in [0.2, 0.25) is 5.02 Å². The standard InChI is InChI=1S/C17H21ClF3N3O2/c1-11-14(15(24(3)23-11)26-10-17(19,20)21)8-22-9-16(2,25)12-5-4-6-13(18)7-12/h4-7,22,25H,8-10H2,1-3H3/t16-/m0/s1. The van der Waals surface area contributed by atoms with Crippen molar-refractivity contribution in [2.45, 2.75) is 32.2 Å². The van der Waals surface area contributed by atoms with Crippen molar-refractivity contribution in [1.82, 2.24) is 15.1 Å². The molecule has 1 atom stereocenters. The quantitative estimate of drug-likeness (QED) is 0.760. The lowest BCUT2D eigenvalue weighted by atomic mass is 9.96. The lowest BCUT2D eigenvalue weighted by Gasteiger charge is -2.24. The highest BCUT2D eigenvalue weighted by Crippen LogP contribution is 2.26. The molecule has 0 saturated carbocycles. The first-order valence-corrected chi connectivity index (χ1v) is 8.28. The van der Waals surface area contributed by atoms with Gasteiger partial charge in [-0.1, -0.05) is 23.7 Å². The van der Waals surface area contributed by atoms with Crippen LogP contribution >= 0.6 is 11.6 Å². The number of rotatable bonds is 7. The number of aryl methyl sites for hydroxylation is 2. The highest BCUT2D eigenvalue weighted by Gasteiger charge is 2.30. The molecule has 26 heavy (non-hydrogen) atoms. The molecule has 0 aliphatic carbocycles. The zero-order valence-electron chi connectivity index (χ0n) is 14.7. The first-order chi connectivity index (χ1) is 12.0. The summed E-state index contributed by atoms with van der Waals surface area (Å²) in [6.07, 6.45) is -4.43. The summed E-state index contributed by atoms with van der Waals surface area (Å²) in [5.41, 5.74) is 0.501. The summed E-state index contributed by atoms with van der Waals surface area (Å²) in [5.74, 6) is 0.0507. The van der Waals surface area contributed by atoms with E-state index in [0.717, 1.165) is 0 Å². The van der Waals surface area contributed by atoms with E-state index >= 15 is 0 Å². The minimum absolute atomic E-state index is 0.0507. The molecule has 0 aliphatic heterocycles. The molecule has 0 amide bonds. The molecule has 1 heterocycles. The molecular weight excluding hydrogens is 371 g/mol. The van der Waals surface area contributed by atoms with E-state index in [-0.39, 0.29) is 19.0 Å². The number of nitrogens with one attached hydrogen (secondary N) is 1. The van der Waals surface area contributed by atoms with Crippen LogP contribution in [0.25, 0.3) is 0 Å². The van der Waals surface area contributed by atoms with Gasteiger partial charge in [0.25, 0.3) is 0 Å². The van der Waals surface area contributed by atoms with Gasteiger partial charge in [-0.25, -0.2) is 4.68 Å². The molecule has 1 aromatic heterocycles. The third-order valence-corrected chi connectivity index (χ3v) is 4.11. The molecule has 0 bridgehead atoms. The Hall–Kier alpha value is -1.77. The molecule has 0 unspecified atom stereocenters. The van der Waals surface area contributed by atoms with Crippen LogP contribution in [0.15, 0.2) is 24.3 Å². The smallest absolute Gasteiger partial charge is 0.422 e. The molecule has 2 N–H and O–H groups in total. The second kappa shape index (κ2) is 7.85. The fourth-order valence-corrected chi connectivity index (χ4v) is 2.76. The molecule has 0 aliphatic rings. The lowest BCUT2D eigenvalue weighted by Crippen LogP contribution is -2.35. The Kier molecular flexibility index (Phi) is 6.21. The van der Waals surface area contributed by atoms with E-state index in [1.807, 2.05) is 0 Å². The maximum atomic E-state index is 12.4. The van der Waals surface area contributed by atoms with Gasteiger partial charge in [0.2, 0.25) is 5.88 Å². The Morgan fingerprint density at radius 2 is 2.04 bits per heavy atom. The van der Waals surface area contributed by atoms with E-state index in [2.05, 4.69) is 10.4 Å². The zero-order chi connectivity index (χ0) is 19.5. The summed E-state index contributed by atoms with van der Waals surface area (Å²) in [4.78, 5) is 0. The minimum Gasteiger partial charge on any atom is -0.468 e. The molecule has 0 radical (unpaired) electrons. The van der Waals surface area contributed by atoms with Crippen LogP contribution in [-0.4, -0.2) is 34.2 Å². The van der Waals surface area contributed by atoms with Crippen molar-refractivity contribution in [3.05, 3.63) is 46.1 Å². The van der Waals surface area contributed by atoms with E-state index in [9.17, 15) is 18.3 Å². The summed E-state index contributed by atoms with van der Waals surface area (Å²) in [6, 6.07) is 6.86. The average molecular weight is 392 g/mol. The fourth-order valence-electron chi connectivity index (χ4n) is 2.57.